The summed E-state index contributed by atoms with van der Waals surface area (Å²) in [5.74, 6) is -1.18. The van der Waals surface area contributed by atoms with Gasteiger partial charge in [0.15, 0.2) is 0 Å². The lowest BCUT2D eigenvalue weighted by atomic mass is 10.1. The van der Waals surface area contributed by atoms with Crippen molar-refractivity contribution in [1.29, 1.82) is 0 Å². The molecule has 4 nitrogen and oxygen atoms in total. The second-order valence-corrected chi connectivity index (χ2v) is 5.49. The van der Waals surface area contributed by atoms with Crippen molar-refractivity contribution in [1.82, 2.24) is 4.57 Å². The third-order valence-electron chi connectivity index (χ3n) is 3.43. The monoisotopic (exact) mass is 330 g/mol. The molecule has 0 aliphatic carbocycles. The quantitative estimate of drug-likeness (QED) is 0.759. The first-order valence-corrected chi connectivity index (χ1v) is 7.22. The van der Waals surface area contributed by atoms with Crippen molar-refractivity contribution in [3.05, 3.63) is 65.1 Å². The molecule has 3 rings (SSSR count). The summed E-state index contributed by atoms with van der Waals surface area (Å²) in [6.07, 6.45) is 1.41. The van der Waals surface area contributed by atoms with Gasteiger partial charge in [-0.25, -0.2) is 4.39 Å². The Morgan fingerprint density at radius 2 is 1.96 bits per heavy atom. The van der Waals surface area contributed by atoms with E-state index in [1.54, 1.807) is 24.3 Å². The summed E-state index contributed by atoms with van der Waals surface area (Å²) >= 11 is 5.89. The van der Waals surface area contributed by atoms with Crippen molar-refractivity contribution in [2.45, 2.75) is 6.92 Å². The highest BCUT2D eigenvalue weighted by atomic mass is 35.5. The molecule has 0 spiro atoms. The highest BCUT2D eigenvalue weighted by Gasteiger charge is 2.17. The highest BCUT2D eigenvalue weighted by Crippen LogP contribution is 2.24. The summed E-state index contributed by atoms with van der Waals surface area (Å²) in [6, 6.07) is 10.6. The van der Waals surface area contributed by atoms with Crippen LogP contribution in [0.15, 0.2) is 48.7 Å². The number of nitrogens with one attached hydrogen (secondary N) is 1. The second-order valence-electron chi connectivity index (χ2n) is 5.06. The number of fused-ring (bicyclic) bond motifs is 1. The summed E-state index contributed by atoms with van der Waals surface area (Å²) in [7, 11) is 0. The van der Waals surface area contributed by atoms with E-state index in [0.29, 0.717) is 21.6 Å². The van der Waals surface area contributed by atoms with Crippen molar-refractivity contribution in [3.8, 4) is 0 Å². The van der Waals surface area contributed by atoms with Gasteiger partial charge in [0.1, 0.15) is 5.82 Å². The molecule has 6 heteroatoms. The van der Waals surface area contributed by atoms with Crippen LogP contribution in [0.1, 0.15) is 22.1 Å². The number of carbonyl (C=O) groups is 2. The van der Waals surface area contributed by atoms with Gasteiger partial charge in [-0.05, 0) is 36.4 Å². The fourth-order valence-corrected chi connectivity index (χ4v) is 2.60. The molecular formula is C17H12ClFN2O2. The topological polar surface area (TPSA) is 51.1 Å². The summed E-state index contributed by atoms with van der Waals surface area (Å²) in [6.45, 7) is 1.38. The smallest absolute Gasteiger partial charge is 0.257 e. The third kappa shape index (κ3) is 2.96. The van der Waals surface area contributed by atoms with Crippen LogP contribution in [0.3, 0.4) is 0 Å². The number of benzene rings is 2. The molecule has 3 aromatic rings. The molecule has 116 valence electrons. The van der Waals surface area contributed by atoms with E-state index < -0.39 is 11.7 Å². The number of amides is 1. The number of rotatable bonds is 2. The van der Waals surface area contributed by atoms with Crippen LogP contribution in [0.25, 0.3) is 10.9 Å². The summed E-state index contributed by atoms with van der Waals surface area (Å²) in [5, 5.41) is 3.55. The molecular weight excluding hydrogens is 319 g/mol. The van der Waals surface area contributed by atoms with Gasteiger partial charge in [0.25, 0.3) is 5.91 Å². The maximum absolute atomic E-state index is 13.5. The number of hydrogen-bond acceptors (Lipinski definition) is 2. The Morgan fingerprint density at radius 3 is 2.65 bits per heavy atom. The maximum atomic E-state index is 13.5. The first-order valence-electron chi connectivity index (χ1n) is 6.84. The zero-order chi connectivity index (χ0) is 16.6. The predicted octanol–water partition coefficient (Wildman–Crippen LogP) is 4.35. The lowest BCUT2D eigenvalue weighted by Crippen LogP contribution is -2.11. The Labute approximate surface area is 136 Å². The van der Waals surface area contributed by atoms with Gasteiger partial charge in [-0.1, -0.05) is 17.7 Å². The average Bonchev–Trinajstić information content (AvgIpc) is 2.86. The molecule has 1 amide bonds. The van der Waals surface area contributed by atoms with Crippen LogP contribution < -0.4 is 5.32 Å². The van der Waals surface area contributed by atoms with E-state index in [-0.39, 0.29) is 11.5 Å². The van der Waals surface area contributed by atoms with Crippen molar-refractivity contribution in [2.75, 3.05) is 5.32 Å². The lowest BCUT2D eigenvalue weighted by Gasteiger charge is -2.04. The van der Waals surface area contributed by atoms with Crippen molar-refractivity contribution in [2.24, 2.45) is 0 Å². The summed E-state index contributed by atoms with van der Waals surface area (Å²) in [5.41, 5.74) is 1.22. The SMILES string of the molecule is CC(=O)n1cc(C(=O)Nc2cccc(Cl)c2)c2cc(F)ccc21. The van der Waals surface area contributed by atoms with Gasteiger partial charge in [0, 0.05) is 29.2 Å². The standard InChI is InChI=1S/C17H12ClFN2O2/c1-10(22)21-9-15(14-8-12(19)5-6-16(14)21)17(23)20-13-4-2-3-11(18)7-13/h2-9H,1H3,(H,20,23). The average molecular weight is 331 g/mol. The van der Waals surface area contributed by atoms with E-state index in [1.165, 1.54) is 35.9 Å². The van der Waals surface area contributed by atoms with Crippen LogP contribution in [-0.2, 0) is 0 Å². The number of halogens is 2. The Balaban J connectivity index is 2.06. The number of anilines is 1. The van der Waals surface area contributed by atoms with Gasteiger partial charge in [-0.3, -0.25) is 14.2 Å². The second kappa shape index (κ2) is 5.85. The molecule has 0 saturated heterocycles. The van der Waals surface area contributed by atoms with Crippen LogP contribution in [0, 0.1) is 5.82 Å². The minimum atomic E-state index is -0.476. The van der Waals surface area contributed by atoms with Gasteiger partial charge in [-0.2, -0.15) is 0 Å². The van der Waals surface area contributed by atoms with Crippen LogP contribution in [0.4, 0.5) is 10.1 Å². The van der Waals surface area contributed by atoms with Gasteiger partial charge in [-0.15, -0.1) is 0 Å². The number of nitrogens with zero attached hydrogens (tertiary/aromatic N) is 1. The van der Waals surface area contributed by atoms with E-state index >= 15 is 0 Å². The molecule has 0 bridgehead atoms. The van der Waals surface area contributed by atoms with E-state index in [0.717, 1.165) is 0 Å². The normalized spacial score (nSPS) is 10.7. The van der Waals surface area contributed by atoms with Gasteiger partial charge >= 0.3 is 0 Å². The zero-order valence-corrected chi connectivity index (χ0v) is 12.9. The summed E-state index contributed by atoms with van der Waals surface area (Å²) in [4.78, 5) is 24.2. The molecule has 0 unspecified atom stereocenters. The van der Waals surface area contributed by atoms with Gasteiger partial charge in [0.05, 0.1) is 11.1 Å². The largest absolute Gasteiger partial charge is 0.322 e. The van der Waals surface area contributed by atoms with Gasteiger partial charge in [0.2, 0.25) is 5.91 Å². The number of aromatic nitrogens is 1. The van der Waals surface area contributed by atoms with Gasteiger partial charge < -0.3 is 5.32 Å². The van der Waals surface area contributed by atoms with Crippen molar-refractivity contribution >= 4 is 40.0 Å². The predicted molar refractivity (Wildman–Crippen MR) is 87.6 cm³/mol. The molecule has 23 heavy (non-hydrogen) atoms. The molecule has 0 radical (unpaired) electrons. The third-order valence-corrected chi connectivity index (χ3v) is 3.67. The molecule has 1 heterocycles. The van der Waals surface area contributed by atoms with E-state index in [4.69, 9.17) is 11.6 Å². The number of hydrogen-bond donors (Lipinski definition) is 1. The first kappa shape index (κ1) is 15.2. The Bertz CT molecular complexity index is 933. The Hall–Kier alpha value is -2.66. The molecule has 1 aromatic heterocycles. The summed E-state index contributed by atoms with van der Waals surface area (Å²) < 4.78 is 14.8. The lowest BCUT2D eigenvalue weighted by molar-refractivity contribution is 0.0941. The molecule has 0 aliphatic heterocycles. The molecule has 2 aromatic carbocycles. The molecule has 0 saturated carbocycles. The fourth-order valence-electron chi connectivity index (χ4n) is 2.41. The molecule has 1 N–H and O–H groups in total. The molecule has 0 fully saturated rings. The van der Waals surface area contributed by atoms with Crippen molar-refractivity contribution < 1.29 is 14.0 Å². The van der Waals surface area contributed by atoms with Crippen LogP contribution in [-0.4, -0.2) is 16.4 Å². The fraction of sp³-hybridized carbons (Fsp3) is 0.0588. The minimum Gasteiger partial charge on any atom is -0.322 e. The van der Waals surface area contributed by atoms with Crippen LogP contribution in [0.5, 0.6) is 0 Å². The maximum Gasteiger partial charge on any atom is 0.257 e. The van der Waals surface area contributed by atoms with E-state index in [9.17, 15) is 14.0 Å². The van der Waals surface area contributed by atoms with E-state index in [2.05, 4.69) is 5.32 Å². The molecule has 0 atom stereocenters. The van der Waals surface area contributed by atoms with Crippen LogP contribution >= 0.6 is 11.6 Å². The minimum absolute atomic E-state index is 0.217. The van der Waals surface area contributed by atoms with Crippen LogP contribution in [0.2, 0.25) is 5.02 Å². The number of carbonyl (C=O) groups excluding carboxylic acids is 2. The molecule has 0 aliphatic rings. The Morgan fingerprint density at radius 1 is 1.17 bits per heavy atom. The Kier molecular flexibility index (Phi) is 3.88. The first-order chi connectivity index (χ1) is 11.0. The highest BCUT2D eigenvalue weighted by molar-refractivity contribution is 6.31. The zero-order valence-electron chi connectivity index (χ0n) is 12.1. The van der Waals surface area contributed by atoms with E-state index in [1.807, 2.05) is 0 Å². The van der Waals surface area contributed by atoms with Crippen molar-refractivity contribution in [3.63, 3.8) is 0 Å².